The summed E-state index contributed by atoms with van der Waals surface area (Å²) in [5.74, 6) is 1.62. The second-order valence-corrected chi connectivity index (χ2v) is 7.44. The molecule has 3 N–H and O–H groups in total. The molecule has 0 saturated carbocycles. The molecule has 8 heteroatoms. The van der Waals surface area contributed by atoms with E-state index >= 15 is 0 Å². The van der Waals surface area contributed by atoms with Gasteiger partial charge in [0.05, 0.1) is 12.3 Å². The molecule has 2 atom stereocenters. The van der Waals surface area contributed by atoms with Crippen LogP contribution in [0.5, 0.6) is 0 Å². The van der Waals surface area contributed by atoms with Crippen molar-refractivity contribution >= 4 is 11.6 Å². The third-order valence-electron chi connectivity index (χ3n) is 5.30. The van der Waals surface area contributed by atoms with Gasteiger partial charge in [0.1, 0.15) is 18.0 Å². The molecule has 1 aliphatic heterocycles. The van der Waals surface area contributed by atoms with Gasteiger partial charge < -0.3 is 20.6 Å². The minimum Gasteiger partial charge on any atom is -0.391 e. The van der Waals surface area contributed by atoms with E-state index in [0.717, 1.165) is 42.3 Å². The molecule has 0 spiro atoms. The van der Waals surface area contributed by atoms with Gasteiger partial charge in [-0.1, -0.05) is 24.3 Å². The highest BCUT2D eigenvalue weighted by atomic mass is 16.3. The molecule has 8 nitrogen and oxygen atoms in total. The third kappa shape index (κ3) is 4.55. The largest absolute Gasteiger partial charge is 0.391 e. The van der Waals surface area contributed by atoms with Gasteiger partial charge in [0, 0.05) is 57.6 Å². The average molecular weight is 393 g/mol. The first kappa shape index (κ1) is 19.4. The van der Waals surface area contributed by atoms with E-state index < -0.39 is 0 Å². The van der Waals surface area contributed by atoms with Crippen molar-refractivity contribution in [3.8, 4) is 11.1 Å². The maximum atomic E-state index is 10.2. The van der Waals surface area contributed by atoms with Gasteiger partial charge in [0.25, 0.3) is 0 Å². The molecule has 3 aromatic rings. The normalized spacial score (nSPS) is 18.9. The molecule has 0 aliphatic carbocycles. The Balaban J connectivity index is 1.35. The number of benzene rings is 1. The number of hydrogen-bond donors (Lipinski definition) is 3. The molecule has 1 fully saturated rings. The molecule has 2 aromatic heterocycles. The molecular weight excluding hydrogens is 366 g/mol. The topological polar surface area (TPSA) is 91.1 Å². The zero-order chi connectivity index (χ0) is 20.2. The molecule has 0 unspecified atom stereocenters. The van der Waals surface area contributed by atoms with E-state index in [2.05, 4.69) is 54.9 Å². The lowest BCUT2D eigenvalue weighted by Crippen LogP contribution is -2.38. The summed E-state index contributed by atoms with van der Waals surface area (Å²) in [4.78, 5) is 10.7. The maximum absolute atomic E-state index is 10.2. The zero-order valence-electron chi connectivity index (χ0n) is 16.8. The van der Waals surface area contributed by atoms with Gasteiger partial charge in [-0.05, 0) is 17.5 Å². The van der Waals surface area contributed by atoms with Crippen molar-refractivity contribution in [2.75, 3.05) is 30.4 Å². The number of aliphatic hydroxyl groups is 1. The minimum atomic E-state index is -0.339. The molecule has 0 radical (unpaired) electrons. The highest BCUT2D eigenvalue weighted by molar-refractivity contribution is 5.61. The van der Waals surface area contributed by atoms with Crippen LogP contribution in [0.3, 0.4) is 0 Å². The Kier molecular flexibility index (Phi) is 5.73. The number of nitrogens with zero attached hydrogens (tertiary/aromatic N) is 5. The van der Waals surface area contributed by atoms with Gasteiger partial charge in [-0.15, -0.1) is 0 Å². The van der Waals surface area contributed by atoms with E-state index in [1.807, 2.05) is 37.2 Å². The van der Waals surface area contributed by atoms with E-state index in [9.17, 15) is 5.11 Å². The summed E-state index contributed by atoms with van der Waals surface area (Å²) in [6.07, 6.45) is 5.83. The predicted molar refractivity (Wildman–Crippen MR) is 114 cm³/mol. The Morgan fingerprint density at radius 2 is 2.00 bits per heavy atom. The SMILES string of the molecule is CNc1cc(N2C[C@H](O)C[C@@H]2CNCc2ccc(-c3cnn(C)c3)cc2)ncn1. The Labute approximate surface area is 170 Å². The van der Waals surface area contributed by atoms with Gasteiger partial charge >= 0.3 is 0 Å². The van der Waals surface area contributed by atoms with Crippen molar-refractivity contribution < 1.29 is 5.11 Å². The van der Waals surface area contributed by atoms with Gasteiger partial charge in [-0.25, -0.2) is 9.97 Å². The molecule has 29 heavy (non-hydrogen) atoms. The quantitative estimate of drug-likeness (QED) is 0.562. The molecule has 1 saturated heterocycles. The van der Waals surface area contributed by atoms with Gasteiger partial charge in [-0.2, -0.15) is 5.10 Å². The van der Waals surface area contributed by atoms with Crippen LogP contribution in [0.2, 0.25) is 0 Å². The first-order valence-electron chi connectivity index (χ1n) is 9.85. The van der Waals surface area contributed by atoms with Crippen molar-refractivity contribution in [3.05, 3.63) is 54.6 Å². The van der Waals surface area contributed by atoms with Crippen LogP contribution in [-0.2, 0) is 13.6 Å². The van der Waals surface area contributed by atoms with Crippen molar-refractivity contribution in [2.24, 2.45) is 7.05 Å². The molecule has 0 bridgehead atoms. The second-order valence-electron chi connectivity index (χ2n) is 7.44. The summed E-state index contributed by atoms with van der Waals surface area (Å²) in [7, 11) is 3.76. The fourth-order valence-electron chi connectivity index (χ4n) is 3.78. The van der Waals surface area contributed by atoms with Gasteiger partial charge in [0.15, 0.2) is 0 Å². The number of aromatic nitrogens is 4. The number of anilines is 2. The van der Waals surface area contributed by atoms with Crippen LogP contribution in [0.25, 0.3) is 11.1 Å². The summed E-state index contributed by atoms with van der Waals surface area (Å²) >= 11 is 0. The van der Waals surface area contributed by atoms with Crippen molar-refractivity contribution in [2.45, 2.75) is 25.1 Å². The summed E-state index contributed by atoms with van der Waals surface area (Å²) in [5, 5.41) is 21.0. The van der Waals surface area contributed by atoms with Crippen molar-refractivity contribution in [1.29, 1.82) is 0 Å². The van der Waals surface area contributed by atoms with Crippen LogP contribution in [0.15, 0.2) is 49.1 Å². The summed E-state index contributed by atoms with van der Waals surface area (Å²) in [5.41, 5.74) is 3.51. The lowest BCUT2D eigenvalue weighted by Gasteiger charge is -2.26. The first-order valence-corrected chi connectivity index (χ1v) is 9.85. The standard InChI is InChI=1S/C21H27N7O/c1-22-20-8-21(25-14-24-20)28-13-19(29)7-18(28)11-23-9-15-3-5-16(6-4-15)17-10-26-27(2)12-17/h3-6,8,10,12,14,18-19,23,29H,7,9,11,13H2,1-2H3,(H,22,24,25)/t18-,19-/m1/s1. The fraction of sp³-hybridized carbons (Fsp3) is 0.381. The Morgan fingerprint density at radius 1 is 1.17 bits per heavy atom. The zero-order valence-corrected chi connectivity index (χ0v) is 16.8. The lowest BCUT2D eigenvalue weighted by atomic mass is 10.1. The Bertz CT molecular complexity index is 940. The van der Waals surface area contributed by atoms with Crippen LogP contribution < -0.4 is 15.5 Å². The molecule has 1 aliphatic rings. The number of rotatable bonds is 7. The molecule has 152 valence electrons. The number of β-amino-alcohol motifs (C(OH)–C–C–N with tert-alkyl or cyclic N) is 1. The predicted octanol–water partition coefficient (Wildman–Crippen LogP) is 1.65. The smallest absolute Gasteiger partial charge is 0.134 e. The van der Waals surface area contributed by atoms with Crippen LogP contribution in [0.1, 0.15) is 12.0 Å². The van der Waals surface area contributed by atoms with Crippen molar-refractivity contribution in [3.63, 3.8) is 0 Å². The van der Waals surface area contributed by atoms with Crippen LogP contribution >= 0.6 is 0 Å². The molecule has 1 aromatic carbocycles. The van der Waals surface area contributed by atoms with Crippen molar-refractivity contribution in [1.82, 2.24) is 25.1 Å². The van der Waals surface area contributed by atoms with Crippen LogP contribution in [0, 0.1) is 0 Å². The second kappa shape index (κ2) is 8.59. The molecule has 4 rings (SSSR count). The Morgan fingerprint density at radius 3 is 2.72 bits per heavy atom. The Hall–Kier alpha value is -2.97. The van der Waals surface area contributed by atoms with E-state index in [-0.39, 0.29) is 12.1 Å². The van der Waals surface area contributed by atoms with Gasteiger partial charge in [-0.3, -0.25) is 4.68 Å². The van der Waals surface area contributed by atoms with E-state index in [0.29, 0.717) is 6.54 Å². The first-order chi connectivity index (χ1) is 14.1. The summed E-state index contributed by atoms with van der Waals surface area (Å²) in [6.45, 7) is 2.14. The average Bonchev–Trinajstić information content (AvgIpc) is 3.34. The monoisotopic (exact) mass is 393 g/mol. The number of aryl methyl sites for hydroxylation is 1. The molecule has 3 heterocycles. The molecular formula is C21H27N7O. The third-order valence-corrected chi connectivity index (χ3v) is 5.30. The van der Waals surface area contributed by atoms with E-state index in [4.69, 9.17) is 0 Å². The lowest BCUT2D eigenvalue weighted by molar-refractivity contribution is 0.194. The summed E-state index contributed by atoms with van der Waals surface area (Å²) < 4.78 is 1.81. The highest BCUT2D eigenvalue weighted by Gasteiger charge is 2.31. The number of hydrogen-bond acceptors (Lipinski definition) is 7. The minimum absolute atomic E-state index is 0.194. The number of nitrogens with one attached hydrogen (secondary N) is 2. The summed E-state index contributed by atoms with van der Waals surface area (Å²) in [6, 6.07) is 10.6. The van der Waals surface area contributed by atoms with Crippen LogP contribution in [0.4, 0.5) is 11.6 Å². The number of aliphatic hydroxyl groups excluding tert-OH is 1. The van der Waals surface area contributed by atoms with E-state index in [1.165, 1.54) is 5.56 Å². The maximum Gasteiger partial charge on any atom is 0.134 e. The molecule has 0 amide bonds. The highest BCUT2D eigenvalue weighted by Crippen LogP contribution is 2.25. The van der Waals surface area contributed by atoms with E-state index in [1.54, 1.807) is 6.33 Å². The van der Waals surface area contributed by atoms with Crippen LogP contribution in [-0.4, -0.2) is 57.1 Å². The van der Waals surface area contributed by atoms with Gasteiger partial charge in [0.2, 0.25) is 0 Å². The fourth-order valence-corrected chi connectivity index (χ4v) is 3.78.